The van der Waals surface area contributed by atoms with E-state index in [0.717, 1.165) is 32.1 Å². The van der Waals surface area contributed by atoms with Gasteiger partial charge in [0.1, 0.15) is 24.4 Å². The highest BCUT2D eigenvalue weighted by Crippen LogP contribution is 2.25. The number of unbranched alkanes of at least 4 members (excludes halogenated alkanes) is 17. The lowest BCUT2D eigenvalue weighted by Crippen LogP contribution is -2.58. The van der Waals surface area contributed by atoms with Crippen LogP contribution in [0.5, 0.6) is 0 Å². The van der Waals surface area contributed by atoms with Crippen molar-refractivity contribution >= 4 is 5.91 Å². The molecule has 0 bridgehead atoms. The summed E-state index contributed by atoms with van der Waals surface area (Å²) >= 11 is 0. The standard InChI is InChI=1S/C35H67NO7/c1-3-5-7-9-11-12-13-14-15-16-18-19-21-23-29(38)28(36-32(39)24-22-20-17-10-8-6-4-2)25-26-30-33(40)35(42)34(41)31(27-37)43-30/h21,23,28-31,33-35,37-38,40-42H,3-20,22,24-27H2,1-2H3,(H,36,39)/b23-21+/t28?,29?,30-,31+,33-,34-,35+/m1/s1. The van der Waals surface area contributed by atoms with Crippen LogP contribution in [-0.2, 0) is 9.53 Å². The molecule has 1 aliphatic rings. The topological polar surface area (TPSA) is 139 Å². The molecule has 0 saturated carbocycles. The molecule has 6 N–H and O–H groups in total. The number of carbonyl (C=O) groups is 1. The van der Waals surface area contributed by atoms with E-state index < -0.39 is 49.3 Å². The van der Waals surface area contributed by atoms with Gasteiger partial charge in [-0.1, -0.05) is 129 Å². The lowest BCUT2D eigenvalue weighted by molar-refractivity contribution is -0.230. The number of hydrogen-bond donors (Lipinski definition) is 6. The van der Waals surface area contributed by atoms with Crippen LogP contribution >= 0.6 is 0 Å². The third-order valence-corrected chi connectivity index (χ3v) is 8.83. The maximum atomic E-state index is 12.8. The summed E-state index contributed by atoms with van der Waals surface area (Å²) in [7, 11) is 0. The summed E-state index contributed by atoms with van der Waals surface area (Å²) in [6, 6.07) is -0.571. The number of allylic oxidation sites excluding steroid dienone is 1. The molecule has 1 saturated heterocycles. The van der Waals surface area contributed by atoms with Crippen molar-refractivity contribution in [2.24, 2.45) is 0 Å². The lowest BCUT2D eigenvalue weighted by atomic mass is 9.91. The Morgan fingerprint density at radius 2 is 1.21 bits per heavy atom. The Morgan fingerprint density at radius 1 is 0.721 bits per heavy atom. The Morgan fingerprint density at radius 3 is 1.74 bits per heavy atom. The van der Waals surface area contributed by atoms with E-state index in [1.54, 1.807) is 6.08 Å². The van der Waals surface area contributed by atoms with Gasteiger partial charge in [0.25, 0.3) is 0 Å². The van der Waals surface area contributed by atoms with Crippen LogP contribution in [0.1, 0.15) is 155 Å². The number of ether oxygens (including phenoxy) is 1. The molecule has 43 heavy (non-hydrogen) atoms. The van der Waals surface area contributed by atoms with E-state index in [2.05, 4.69) is 19.2 Å². The monoisotopic (exact) mass is 613 g/mol. The summed E-state index contributed by atoms with van der Waals surface area (Å²) in [6.45, 7) is 3.96. The number of carbonyl (C=O) groups excluding carboxylic acids is 1. The van der Waals surface area contributed by atoms with Crippen LogP contribution in [0.3, 0.4) is 0 Å². The minimum atomic E-state index is -1.43. The molecular weight excluding hydrogens is 546 g/mol. The van der Waals surface area contributed by atoms with Crippen LogP contribution in [-0.4, -0.2) is 80.7 Å². The molecule has 1 rings (SSSR count). The molecular formula is C35H67NO7. The first kappa shape index (κ1) is 40.0. The molecule has 0 aromatic carbocycles. The minimum absolute atomic E-state index is 0.106. The summed E-state index contributed by atoms with van der Waals surface area (Å²) < 4.78 is 5.65. The van der Waals surface area contributed by atoms with Crippen molar-refractivity contribution in [1.29, 1.82) is 0 Å². The zero-order chi connectivity index (χ0) is 31.7. The van der Waals surface area contributed by atoms with Crippen molar-refractivity contribution in [1.82, 2.24) is 5.32 Å². The maximum absolute atomic E-state index is 12.8. The number of hydrogen-bond acceptors (Lipinski definition) is 7. The van der Waals surface area contributed by atoms with Gasteiger partial charge in [-0.25, -0.2) is 0 Å². The highest BCUT2D eigenvalue weighted by Gasteiger charge is 2.43. The molecule has 8 nitrogen and oxygen atoms in total. The zero-order valence-corrected chi connectivity index (χ0v) is 27.5. The van der Waals surface area contributed by atoms with Crippen molar-refractivity contribution in [3.05, 3.63) is 12.2 Å². The molecule has 1 amide bonds. The van der Waals surface area contributed by atoms with E-state index in [9.17, 15) is 30.3 Å². The molecule has 254 valence electrons. The Balaban J connectivity index is 2.50. The van der Waals surface area contributed by atoms with Gasteiger partial charge in [-0.3, -0.25) is 4.79 Å². The van der Waals surface area contributed by atoms with Crippen molar-refractivity contribution in [2.75, 3.05) is 6.61 Å². The molecule has 1 heterocycles. The van der Waals surface area contributed by atoms with Gasteiger partial charge in [-0.15, -0.1) is 0 Å². The lowest BCUT2D eigenvalue weighted by Gasteiger charge is -2.40. The summed E-state index contributed by atoms with van der Waals surface area (Å²) in [6.07, 6.45) is 20.7. The van der Waals surface area contributed by atoms with Crippen LogP contribution in [0.25, 0.3) is 0 Å². The van der Waals surface area contributed by atoms with Gasteiger partial charge in [0.05, 0.1) is 24.9 Å². The fourth-order valence-electron chi connectivity index (χ4n) is 5.91. The summed E-state index contributed by atoms with van der Waals surface area (Å²) in [5, 5.41) is 54.1. The predicted molar refractivity (Wildman–Crippen MR) is 174 cm³/mol. The molecule has 7 atom stereocenters. The Bertz CT molecular complexity index is 689. The van der Waals surface area contributed by atoms with Gasteiger partial charge >= 0.3 is 0 Å². The minimum Gasteiger partial charge on any atom is -0.394 e. The van der Waals surface area contributed by atoms with Crippen LogP contribution in [0.4, 0.5) is 0 Å². The maximum Gasteiger partial charge on any atom is 0.220 e. The fraction of sp³-hybridized carbons (Fsp3) is 0.914. The van der Waals surface area contributed by atoms with Gasteiger partial charge < -0.3 is 35.6 Å². The highest BCUT2D eigenvalue weighted by molar-refractivity contribution is 5.76. The second-order valence-corrected chi connectivity index (χ2v) is 12.7. The van der Waals surface area contributed by atoms with E-state index in [0.29, 0.717) is 12.8 Å². The quantitative estimate of drug-likeness (QED) is 0.0504. The normalized spacial score (nSPS) is 23.9. The van der Waals surface area contributed by atoms with E-state index in [1.807, 2.05) is 6.08 Å². The molecule has 0 radical (unpaired) electrons. The van der Waals surface area contributed by atoms with Crippen molar-refractivity contribution in [3.63, 3.8) is 0 Å². The molecule has 8 heteroatoms. The first-order chi connectivity index (χ1) is 20.8. The Hall–Kier alpha value is -1.03. The van der Waals surface area contributed by atoms with Crippen molar-refractivity contribution < 1.29 is 35.1 Å². The summed E-state index contributed by atoms with van der Waals surface area (Å²) in [5.74, 6) is -0.106. The number of rotatable bonds is 27. The largest absolute Gasteiger partial charge is 0.394 e. The predicted octanol–water partition coefficient (Wildman–Crippen LogP) is 5.85. The SMILES string of the molecule is CCCCCCCCCCCCC/C=C/C(O)C(CC[C@H]1O[C@@H](CO)[C@@H](O)[C@@H](O)[C@@H]1O)NC(=O)CCCCCCCCC. The highest BCUT2D eigenvalue weighted by atomic mass is 16.5. The van der Waals surface area contributed by atoms with Gasteiger partial charge in [0, 0.05) is 6.42 Å². The van der Waals surface area contributed by atoms with Crippen molar-refractivity contribution in [2.45, 2.75) is 198 Å². The summed E-state index contributed by atoms with van der Waals surface area (Å²) in [5.41, 5.74) is 0. The van der Waals surface area contributed by atoms with Gasteiger partial charge in [0.2, 0.25) is 5.91 Å². The molecule has 0 aromatic heterocycles. The third-order valence-electron chi connectivity index (χ3n) is 8.83. The average molecular weight is 614 g/mol. The third kappa shape index (κ3) is 18.5. The van der Waals surface area contributed by atoms with Crippen LogP contribution in [0.15, 0.2) is 12.2 Å². The van der Waals surface area contributed by atoms with Gasteiger partial charge in [-0.2, -0.15) is 0 Å². The van der Waals surface area contributed by atoms with Crippen LogP contribution < -0.4 is 5.32 Å². The van der Waals surface area contributed by atoms with E-state index in [-0.39, 0.29) is 12.3 Å². The number of amides is 1. The molecule has 0 spiro atoms. The van der Waals surface area contributed by atoms with E-state index in [1.165, 1.54) is 89.9 Å². The fourth-order valence-corrected chi connectivity index (χ4v) is 5.91. The molecule has 0 aromatic rings. The average Bonchev–Trinajstić information content (AvgIpc) is 3.00. The smallest absolute Gasteiger partial charge is 0.220 e. The second-order valence-electron chi connectivity index (χ2n) is 12.7. The Kier molecular flexibility index (Phi) is 24.4. The van der Waals surface area contributed by atoms with Gasteiger partial charge in [-0.05, 0) is 32.1 Å². The first-order valence-corrected chi connectivity index (χ1v) is 17.8. The number of nitrogens with one attached hydrogen (secondary N) is 1. The Labute approximate surface area is 262 Å². The second kappa shape index (κ2) is 26.2. The molecule has 1 aliphatic heterocycles. The number of aliphatic hydroxyl groups excluding tert-OH is 5. The van der Waals surface area contributed by atoms with E-state index >= 15 is 0 Å². The van der Waals surface area contributed by atoms with E-state index in [4.69, 9.17) is 4.74 Å². The van der Waals surface area contributed by atoms with Crippen molar-refractivity contribution in [3.8, 4) is 0 Å². The number of aliphatic hydroxyl groups is 5. The zero-order valence-electron chi connectivity index (χ0n) is 27.5. The molecule has 2 unspecified atom stereocenters. The van der Waals surface area contributed by atoms with Crippen LogP contribution in [0.2, 0.25) is 0 Å². The first-order valence-electron chi connectivity index (χ1n) is 17.8. The van der Waals surface area contributed by atoms with Crippen LogP contribution in [0, 0.1) is 0 Å². The molecule has 0 aliphatic carbocycles. The molecule has 1 fully saturated rings. The van der Waals surface area contributed by atoms with Gasteiger partial charge in [0.15, 0.2) is 0 Å². The summed E-state index contributed by atoms with van der Waals surface area (Å²) in [4.78, 5) is 12.8.